The van der Waals surface area contributed by atoms with E-state index in [1.165, 1.54) is 6.33 Å². The Bertz CT molecular complexity index is 313. The van der Waals surface area contributed by atoms with Gasteiger partial charge in [0.1, 0.15) is 18.2 Å². The molecule has 0 spiro atoms. The van der Waals surface area contributed by atoms with Crippen molar-refractivity contribution in [2.45, 2.75) is 38.3 Å². The van der Waals surface area contributed by atoms with E-state index in [-0.39, 0.29) is 0 Å². The Morgan fingerprint density at radius 3 is 2.87 bits per heavy atom. The summed E-state index contributed by atoms with van der Waals surface area (Å²) in [5, 5.41) is 16.0. The van der Waals surface area contributed by atoms with Gasteiger partial charge in [0, 0.05) is 6.54 Å². The van der Waals surface area contributed by atoms with Crippen LogP contribution in [0.1, 0.15) is 26.2 Å². The van der Waals surface area contributed by atoms with Gasteiger partial charge in [0.15, 0.2) is 0 Å². The van der Waals surface area contributed by atoms with Gasteiger partial charge in [-0.15, -0.1) is 0 Å². The summed E-state index contributed by atoms with van der Waals surface area (Å²) in [4.78, 5) is 3.87. The van der Waals surface area contributed by atoms with E-state index in [4.69, 9.17) is 5.26 Å². The molecule has 0 amide bonds. The van der Waals surface area contributed by atoms with Crippen molar-refractivity contribution < 1.29 is 0 Å². The van der Waals surface area contributed by atoms with Gasteiger partial charge in [-0.05, 0) is 33.2 Å². The molecule has 0 aromatic carbocycles. The van der Waals surface area contributed by atoms with E-state index >= 15 is 0 Å². The first-order valence-corrected chi connectivity index (χ1v) is 5.13. The smallest absolute Gasteiger partial charge is 0.137 e. The van der Waals surface area contributed by atoms with E-state index in [2.05, 4.69) is 21.5 Å². The van der Waals surface area contributed by atoms with Crippen molar-refractivity contribution in [3.63, 3.8) is 0 Å². The Labute approximate surface area is 90.1 Å². The molecule has 0 fully saturated rings. The number of unbranched alkanes of at least 4 members (excludes halogenated alkanes) is 1. The minimum absolute atomic E-state index is 0.400. The van der Waals surface area contributed by atoms with Crippen molar-refractivity contribution in [1.82, 2.24) is 20.1 Å². The Balaban J connectivity index is 2.20. The summed E-state index contributed by atoms with van der Waals surface area (Å²) in [6, 6.07) is 2.28. The maximum Gasteiger partial charge on any atom is 0.137 e. The van der Waals surface area contributed by atoms with E-state index in [9.17, 15) is 0 Å². The zero-order chi connectivity index (χ0) is 11.1. The molecule has 1 aromatic rings. The molecule has 0 aliphatic carbocycles. The molecule has 5 nitrogen and oxygen atoms in total. The number of hydrogen-bond acceptors (Lipinski definition) is 4. The van der Waals surface area contributed by atoms with Crippen LogP contribution in [0.4, 0.5) is 0 Å². The summed E-state index contributed by atoms with van der Waals surface area (Å²) in [6.07, 6.45) is 6.12. The predicted octanol–water partition coefficient (Wildman–Crippen LogP) is 0.950. The van der Waals surface area contributed by atoms with E-state index in [0.717, 1.165) is 25.8 Å². The minimum Gasteiger partial charge on any atom is -0.303 e. The molecular weight excluding hydrogens is 190 g/mol. The Kier molecular flexibility index (Phi) is 4.25. The molecule has 1 rings (SSSR count). The number of aryl methyl sites for hydroxylation is 1. The summed E-state index contributed by atoms with van der Waals surface area (Å²) >= 11 is 0. The van der Waals surface area contributed by atoms with Crippen LogP contribution in [0.3, 0.4) is 0 Å². The fraction of sp³-hybridized carbons (Fsp3) is 0.700. The first-order chi connectivity index (χ1) is 7.20. The van der Waals surface area contributed by atoms with Crippen molar-refractivity contribution >= 4 is 0 Å². The summed E-state index contributed by atoms with van der Waals surface area (Å²) in [5.41, 5.74) is -0.400. The van der Waals surface area contributed by atoms with Gasteiger partial charge in [-0.1, -0.05) is 0 Å². The quantitative estimate of drug-likeness (QED) is 0.705. The van der Waals surface area contributed by atoms with Crippen molar-refractivity contribution in [3.05, 3.63) is 12.7 Å². The van der Waals surface area contributed by atoms with Gasteiger partial charge in [-0.2, -0.15) is 10.4 Å². The molecule has 1 heterocycles. The van der Waals surface area contributed by atoms with Crippen molar-refractivity contribution in [2.75, 3.05) is 7.05 Å². The number of nitriles is 1. The summed E-state index contributed by atoms with van der Waals surface area (Å²) < 4.78 is 1.81. The van der Waals surface area contributed by atoms with Crippen LogP contribution >= 0.6 is 0 Å². The average molecular weight is 207 g/mol. The first kappa shape index (κ1) is 11.7. The molecule has 1 unspecified atom stereocenters. The highest BCUT2D eigenvalue weighted by Gasteiger charge is 2.19. The van der Waals surface area contributed by atoms with Crippen LogP contribution in [0.25, 0.3) is 0 Å². The molecule has 1 atom stereocenters. The fourth-order valence-electron chi connectivity index (χ4n) is 1.34. The maximum atomic E-state index is 8.93. The molecule has 0 radical (unpaired) electrons. The maximum absolute atomic E-state index is 8.93. The third-order valence-corrected chi connectivity index (χ3v) is 2.58. The molecule has 1 aromatic heterocycles. The molecule has 0 aliphatic rings. The number of hydrogen-bond donors (Lipinski definition) is 1. The molecule has 5 heteroatoms. The highest BCUT2D eigenvalue weighted by molar-refractivity contribution is 5.02. The van der Waals surface area contributed by atoms with Gasteiger partial charge >= 0.3 is 0 Å². The van der Waals surface area contributed by atoms with Crippen LogP contribution in [0.2, 0.25) is 0 Å². The highest BCUT2D eigenvalue weighted by Crippen LogP contribution is 2.12. The largest absolute Gasteiger partial charge is 0.303 e. The van der Waals surface area contributed by atoms with Crippen LogP contribution in [0.15, 0.2) is 12.7 Å². The van der Waals surface area contributed by atoms with Gasteiger partial charge in [0.25, 0.3) is 0 Å². The molecule has 15 heavy (non-hydrogen) atoms. The molecule has 82 valence electrons. The first-order valence-electron chi connectivity index (χ1n) is 5.13. The molecule has 0 aliphatic heterocycles. The van der Waals surface area contributed by atoms with Gasteiger partial charge in [0.05, 0.1) is 6.07 Å². The lowest BCUT2D eigenvalue weighted by atomic mass is 9.97. The van der Waals surface area contributed by atoms with Crippen molar-refractivity contribution in [2.24, 2.45) is 0 Å². The highest BCUT2D eigenvalue weighted by atomic mass is 15.3. The summed E-state index contributed by atoms with van der Waals surface area (Å²) in [6.45, 7) is 2.79. The summed E-state index contributed by atoms with van der Waals surface area (Å²) in [7, 11) is 1.82. The normalized spacial score (nSPS) is 14.5. The van der Waals surface area contributed by atoms with Crippen molar-refractivity contribution in [3.8, 4) is 6.07 Å². The third-order valence-electron chi connectivity index (χ3n) is 2.58. The molecular formula is C10H17N5. The lowest BCUT2D eigenvalue weighted by molar-refractivity contribution is 0.419. The van der Waals surface area contributed by atoms with E-state index < -0.39 is 5.54 Å². The second-order valence-corrected chi connectivity index (χ2v) is 3.81. The lowest BCUT2D eigenvalue weighted by Crippen LogP contribution is -2.37. The van der Waals surface area contributed by atoms with Gasteiger partial charge < -0.3 is 5.32 Å². The van der Waals surface area contributed by atoms with Crippen LogP contribution in [0, 0.1) is 11.3 Å². The average Bonchev–Trinajstić information content (AvgIpc) is 2.77. The zero-order valence-corrected chi connectivity index (χ0v) is 9.27. The van der Waals surface area contributed by atoms with Crippen molar-refractivity contribution in [1.29, 1.82) is 5.26 Å². The van der Waals surface area contributed by atoms with Gasteiger partial charge in [0.2, 0.25) is 0 Å². The van der Waals surface area contributed by atoms with E-state index in [1.54, 1.807) is 6.33 Å². The number of nitrogens with one attached hydrogen (secondary N) is 1. The topological polar surface area (TPSA) is 66.5 Å². The van der Waals surface area contributed by atoms with Crippen LogP contribution < -0.4 is 5.32 Å². The van der Waals surface area contributed by atoms with E-state index in [1.807, 2.05) is 18.7 Å². The Morgan fingerprint density at radius 2 is 2.33 bits per heavy atom. The second kappa shape index (κ2) is 5.47. The summed E-state index contributed by atoms with van der Waals surface area (Å²) in [5.74, 6) is 0. The minimum atomic E-state index is -0.400. The standard InChI is InChI=1S/C10H17N5/c1-10(7-11,12-2)5-3-4-6-15-9-13-8-14-15/h8-9,12H,3-6H2,1-2H3. The zero-order valence-electron chi connectivity index (χ0n) is 9.27. The van der Waals surface area contributed by atoms with E-state index in [0.29, 0.717) is 0 Å². The van der Waals surface area contributed by atoms with Gasteiger partial charge in [-0.3, -0.25) is 4.68 Å². The number of nitrogens with zero attached hydrogens (tertiary/aromatic N) is 4. The van der Waals surface area contributed by atoms with Crippen LogP contribution in [-0.4, -0.2) is 27.4 Å². The molecule has 0 saturated carbocycles. The van der Waals surface area contributed by atoms with Crippen LogP contribution in [-0.2, 0) is 6.54 Å². The Morgan fingerprint density at radius 1 is 1.53 bits per heavy atom. The molecule has 0 bridgehead atoms. The van der Waals surface area contributed by atoms with Gasteiger partial charge in [-0.25, -0.2) is 4.98 Å². The third kappa shape index (κ3) is 3.68. The lowest BCUT2D eigenvalue weighted by Gasteiger charge is -2.20. The molecule has 0 saturated heterocycles. The predicted molar refractivity (Wildman–Crippen MR) is 57.0 cm³/mol. The second-order valence-electron chi connectivity index (χ2n) is 3.81. The van der Waals surface area contributed by atoms with Crippen LogP contribution in [0.5, 0.6) is 0 Å². The number of rotatable bonds is 6. The fourth-order valence-corrected chi connectivity index (χ4v) is 1.34. The molecule has 1 N–H and O–H groups in total. The SMILES string of the molecule is CNC(C)(C#N)CCCCn1cncn1. The Hall–Kier alpha value is -1.41. The monoisotopic (exact) mass is 207 g/mol. The number of aromatic nitrogens is 3.